The van der Waals surface area contributed by atoms with Gasteiger partial charge < -0.3 is 20.9 Å². The van der Waals surface area contributed by atoms with Gasteiger partial charge in [0.15, 0.2) is 0 Å². The fourth-order valence-electron chi connectivity index (χ4n) is 4.05. The van der Waals surface area contributed by atoms with Crippen molar-refractivity contribution in [1.82, 2.24) is 25.0 Å². The number of allylic oxidation sites excluding steroid dienone is 3. The predicted molar refractivity (Wildman–Crippen MR) is 156 cm³/mol. The Labute approximate surface area is 227 Å². The molecule has 2 aromatic carbocycles. The number of amides is 1. The van der Waals surface area contributed by atoms with Gasteiger partial charge in [-0.1, -0.05) is 24.1 Å². The lowest BCUT2D eigenvalue weighted by molar-refractivity contribution is 0.102. The Morgan fingerprint density at radius 3 is 2.82 bits per heavy atom. The van der Waals surface area contributed by atoms with Gasteiger partial charge in [0.1, 0.15) is 5.70 Å². The highest BCUT2D eigenvalue weighted by Crippen LogP contribution is 2.19. The summed E-state index contributed by atoms with van der Waals surface area (Å²) < 4.78 is 1.75. The molecule has 0 aliphatic carbocycles. The van der Waals surface area contributed by atoms with Gasteiger partial charge in [0.05, 0.1) is 23.9 Å². The van der Waals surface area contributed by atoms with Gasteiger partial charge in [-0.2, -0.15) is 5.10 Å². The molecule has 1 aliphatic rings. The molecule has 0 saturated carbocycles. The molecule has 0 unspecified atom stereocenters. The normalized spacial score (nSPS) is 16.6. The van der Waals surface area contributed by atoms with Crippen LogP contribution in [0.25, 0.3) is 10.9 Å². The van der Waals surface area contributed by atoms with Crippen LogP contribution in [0.4, 0.5) is 11.4 Å². The summed E-state index contributed by atoms with van der Waals surface area (Å²) in [6.07, 6.45) is 13.3. The largest absolute Gasteiger partial charge is 0.383 e. The number of nitrogens with zero attached hydrogens (tertiary/aromatic N) is 4. The molecule has 0 saturated heterocycles. The van der Waals surface area contributed by atoms with Crippen molar-refractivity contribution < 1.29 is 4.79 Å². The number of hydrogen-bond acceptors (Lipinski definition) is 6. The predicted octanol–water partition coefficient (Wildman–Crippen LogP) is 4.77. The van der Waals surface area contributed by atoms with Crippen molar-refractivity contribution in [3.63, 3.8) is 0 Å². The van der Waals surface area contributed by atoms with Crippen molar-refractivity contribution in [2.75, 3.05) is 24.2 Å². The van der Waals surface area contributed by atoms with Gasteiger partial charge in [0, 0.05) is 66.8 Å². The van der Waals surface area contributed by atoms with Crippen molar-refractivity contribution in [2.24, 2.45) is 7.05 Å². The lowest BCUT2D eigenvalue weighted by Gasteiger charge is -2.13. The van der Waals surface area contributed by atoms with Crippen molar-refractivity contribution in [3.05, 3.63) is 120 Å². The molecule has 194 valence electrons. The van der Waals surface area contributed by atoms with E-state index >= 15 is 0 Å². The summed E-state index contributed by atoms with van der Waals surface area (Å²) >= 11 is 0. The molecular weight excluding hydrogens is 486 g/mol. The lowest BCUT2D eigenvalue weighted by atomic mass is 10.0. The van der Waals surface area contributed by atoms with Crippen LogP contribution < -0.4 is 16.0 Å². The minimum Gasteiger partial charge on any atom is -0.383 e. The van der Waals surface area contributed by atoms with Crippen molar-refractivity contribution >= 4 is 28.2 Å². The number of aryl methyl sites for hydroxylation is 2. The molecular formula is C31H29N7O. The van der Waals surface area contributed by atoms with E-state index in [9.17, 15) is 4.79 Å². The standard InChI is InChI=1S/C31H29N7O/c1-22-8-9-25(31(39)36-26-12-10-23-6-4-14-33-30(23)17-26)16-24(22)11-13-29-20-32-18-27(7-5-15-37(29)2)35-28-19-34-38(3)21-28/h4-10,12,14-17,19-21,32,35H,18H2,1-3H3,(H,36,39)/b15-5-,27-7+,29-20-. The summed E-state index contributed by atoms with van der Waals surface area (Å²) in [4.78, 5) is 19.3. The maximum absolute atomic E-state index is 13.0. The zero-order chi connectivity index (χ0) is 27.2. The zero-order valence-electron chi connectivity index (χ0n) is 22.1. The molecule has 0 atom stereocenters. The van der Waals surface area contributed by atoms with E-state index in [1.165, 1.54) is 0 Å². The Bertz CT molecular complexity index is 1680. The van der Waals surface area contributed by atoms with E-state index in [1.807, 2.05) is 105 Å². The Morgan fingerprint density at radius 1 is 1.08 bits per heavy atom. The highest BCUT2D eigenvalue weighted by Gasteiger charge is 2.09. The number of carbonyl (C=O) groups excluding carboxylic acids is 1. The second-order valence-electron chi connectivity index (χ2n) is 9.23. The second-order valence-corrected chi connectivity index (χ2v) is 9.23. The van der Waals surface area contributed by atoms with Gasteiger partial charge in [-0.05, 0) is 60.9 Å². The summed E-state index contributed by atoms with van der Waals surface area (Å²) in [5.74, 6) is 6.31. The second kappa shape index (κ2) is 11.4. The fourth-order valence-corrected chi connectivity index (χ4v) is 4.05. The molecule has 1 amide bonds. The summed E-state index contributed by atoms with van der Waals surface area (Å²) in [5.41, 5.74) is 6.56. The fraction of sp³-hybridized carbons (Fsp3) is 0.129. The molecule has 3 heterocycles. The highest BCUT2D eigenvalue weighted by atomic mass is 16.1. The van der Waals surface area contributed by atoms with Crippen LogP contribution in [0.2, 0.25) is 0 Å². The summed E-state index contributed by atoms with van der Waals surface area (Å²) in [5, 5.41) is 14.9. The number of hydrogen-bond donors (Lipinski definition) is 3. The molecule has 0 fully saturated rings. The molecule has 2 aromatic heterocycles. The van der Waals surface area contributed by atoms with Crippen LogP contribution in [0.15, 0.2) is 103 Å². The first-order chi connectivity index (χ1) is 18.9. The maximum atomic E-state index is 13.0. The van der Waals surface area contributed by atoms with Crippen LogP contribution in [-0.4, -0.2) is 39.2 Å². The summed E-state index contributed by atoms with van der Waals surface area (Å²) in [7, 11) is 3.83. The Morgan fingerprint density at radius 2 is 1.97 bits per heavy atom. The molecule has 3 N–H and O–H groups in total. The monoisotopic (exact) mass is 515 g/mol. The van der Waals surface area contributed by atoms with Crippen LogP contribution in [-0.2, 0) is 7.05 Å². The number of pyridine rings is 1. The van der Waals surface area contributed by atoms with Gasteiger partial charge in [0.25, 0.3) is 5.91 Å². The van der Waals surface area contributed by atoms with E-state index in [2.05, 4.69) is 37.9 Å². The Balaban J connectivity index is 1.30. The average molecular weight is 516 g/mol. The first-order valence-corrected chi connectivity index (χ1v) is 12.5. The first kappa shape index (κ1) is 25.4. The number of rotatable bonds is 4. The molecule has 1 aliphatic heterocycles. The van der Waals surface area contributed by atoms with Crippen LogP contribution in [0, 0.1) is 18.8 Å². The third kappa shape index (κ3) is 6.35. The van der Waals surface area contributed by atoms with E-state index in [0.29, 0.717) is 17.8 Å². The van der Waals surface area contributed by atoms with Crippen LogP contribution in [0.1, 0.15) is 21.5 Å². The smallest absolute Gasteiger partial charge is 0.255 e. The van der Waals surface area contributed by atoms with Gasteiger partial charge in [-0.25, -0.2) is 0 Å². The van der Waals surface area contributed by atoms with Crippen LogP contribution in [0.5, 0.6) is 0 Å². The summed E-state index contributed by atoms with van der Waals surface area (Å²) in [6.45, 7) is 2.58. The van der Waals surface area contributed by atoms with Crippen LogP contribution >= 0.6 is 0 Å². The van der Waals surface area contributed by atoms with E-state index in [0.717, 1.165) is 39.1 Å². The average Bonchev–Trinajstić information content (AvgIpc) is 3.37. The number of nitrogens with one attached hydrogen (secondary N) is 3. The molecule has 5 rings (SSSR count). The summed E-state index contributed by atoms with van der Waals surface area (Å²) in [6, 6.07) is 15.1. The number of anilines is 2. The molecule has 0 spiro atoms. The van der Waals surface area contributed by atoms with E-state index in [-0.39, 0.29) is 5.91 Å². The van der Waals surface area contributed by atoms with E-state index in [1.54, 1.807) is 17.1 Å². The minimum absolute atomic E-state index is 0.198. The third-order valence-corrected chi connectivity index (χ3v) is 6.22. The molecule has 4 aromatic rings. The minimum atomic E-state index is -0.198. The zero-order valence-corrected chi connectivity index (χ0v) is 22.1. The highest BCUT2D eigenvalue weighted by molar-refractivity contribution is 6.05. The van der Waals surface area contributed by atoms with E-state index in [4.69, 9.17) is 0 Å². The quantitative estimate of drug-likeness (QED) is 0.340. The van der Waals surface area contributed by atoms with Gasteiger partial charge in [-0.15, -0.1) is 0 Å². The van der Waals surface area contributed by atoms with Gasteiger partial charge in [-0.3, -0.25) is 14.5 Å². The number of fused-ring (bicyclic) bond motifs is 1. The Hall–Kier alpha value is -5.29. The molecule has 8 nitrogen and oxygen atoms in total. The van der Waals surface area contributed by atoms with Gasteiger partial charge >= 0.3 is 0 Å². The number of benzene rings is 2. The number of aromatic nitrogens is 3. The third-order valence-electron chi connectivity index (χ3n) is 6.22. The molecule has 0 radical (unpaired) electrons. The SMILES string of the molecule is Cc1ccc(C(=O)Nc2ccc3cccnc3c2)cc1C#C/C1=C/NC/C(Nc2cnn(C)c2)=C\C=C/N1C. The van der Waals surface area contributed by atoms with Gasteiger partial charge in [0.2, 0.25) is 0 Å². The maximum Gasteiger partial charge on any atom is 0.255 e. The van der Waals surface area contributed by atoms with E-state index < -0.39 is 0 Å². The molecule has 8 heteroatoms. The van der Waals surface area contributed by atoms with Crippen LogP contribution in [0.3, 0.4) is 0 Å². The van der Waals surface area contributed by atoms with Crippen molar-refractivity contribution in [3.8, 4) is 11.8 Å². The number of carbonyl (C=O) groups is 1. The topological polar surface area (TPSA) is 87.1 Å². The molecule has 0 bridgehead atoms. The first-order valence-electron chi connectivity index (χ1n) is 12.5. The Kier molecular flexibility index (Phi) is 7.41. The lowest BCUT2D eigenvalue weighted by Crippen LogP contribution is -2.17. The van der Waals surface area contributed by atoms with Crippen molar-refractivity contribution in [1.29, 1.82) is 0 Å². The van der Waals surface area contributed by atoms with Crippen molar-refractivity contribution in [2.45, 2.75) is 6.92 Å². The molecule has 39 heavy (non-hydrogen) atoms.